The van der Waals surface area contributed by atoms with E-state index in [0.717, 1.165) is 17.1 Å². The molecule has 0 bridgehead atoms. The molecule has 0 aliphatic carbocycles. The van der Waals surface area contributed by atoms with Crippen LogP contribution in [0.15, 0.2) is 18.2 Å². The van der Waals surface area contributed by atoms with Gasteiger partial charge in [0, 0.05) is 11.4 Å². The summed E-state index contributed by atoms with van der Waals surface area (Å²) in [6.45, 7) is 16.4. The van der Waals surface area contributed by atoms with E-state index in [2.05, 4.69) is 36.0 Å². The van der Waals surface area contributed by atoms with E-state index in [0.29, 0.717) is 5.92 Å². The molecule has 0 amide bonds. The van der Waals surface area contributed by atoms with Crippen molar-refractivity contribution in [2.45, 2.75) is 61.3 Å². The molecule has 2 heterocycles. The number of rotatable bonds is 2. The predicted molar refractivity (Wildman–Crippen MR) is 88.1 cm³/mol. The van der Waals surface area contributed by atoms with Gasteiger partial charge in [-0.15, -0.1) is 0 Å². The number of hydrogen-bond acceptors (Lipinski definition) is 2. The fourth-order valence-electron chi connectivity index (χ4n) is 1.90. The Morgan fingerprint density at radius 2 is 1.60 bits per heavy atom. The van der Waals surface area contributed by atoms with Crippen LogP contribution in [0, 0.1) is 13.8 Å². The van der Waals surface area contributed by atoms with E-state index >= 15 is 0 Å². The Morgan fingerprint density at radius 3 is 2.05 bits per heavy atom. The third-order valence-corrected chi connectivity index (χ3v) is 2.76. The number of aromatic nitrogens is 3. The summed E-state index contributed by atoms with van der Waals surface area (Å²) in [5, 5.41) is 7.46. The molecule has 0 aromatic carbocycles. The predicted octanol–water partition coefficient (Wildman–Crippen LogP) is 5.26. The van der Waals surface area contributed by atoms with Crippen molar-refractivity contribution in [3.8, 4) is 11.4 Å². The van der Waals surface area contributed by atoms with Gasteiger partial charge in [-0.2, -0.15) is 5.10 Å². The molecule has 20 heavy (non-hydrogen) atoms. The minimum absolute atomic E-state index is 0.464. The Hall–Kier alpha value is -1.64. The largest absolute Gasteiger partial charge is 0.281 e. The molecule has 0 saturated heterocycles. The molecule has 2 aromatic heterocycles. The summed E-state index contributed by atoms with van der Waals surface area (Å²) < 4.78 is 0. The molecular weight excluding hydrogens is 246 g/mol. The van der Waals surface area contributed by atoms with E-state index in [1.807, 2.05) is 52.8 Å². The molecule has 0 aliphatic heterocycles. The van der Waals surface area contributed by atoms with E-state index in [1.165, 1.54) is 11.3 Å². The van der Waals surface area contributed by atoms with Crippen molar-refractivity contribution in [1.82, 2.24) is 15.2 Å². The normalized spacial score (nSPS) is 9.45. The molecular formula is C17H29N3. The van der Waals surface area contributed by atoms with E-state index in [4.69, 9.17) is 0 Å². The van der Waals surface area contributed by atoms with E-state index in [-0.39, 0.29) is 0 Å². The fraction of sp³-hybridized carbons (Fsp3) is 0.529. The maximum absolute atomic E-state index is 4.49. The maximum Gasteiger partial charge on any atom is 0.114 e. The number of pyridine rings is 1. The molecule has 112 valence electrons. The molecule has 0 unspecified atom stereocenters. The van der Waals surface area contributed by atoms with Gasteiger partial charge in [-0.3, -0.25) is 10.1 Å². The Kier molecular flexibility index (Phi) is 8.53. The summed E-state index contributed by atoms with van der Waals surface area (Å²) in [5.74, 6) is 0.464. The number of aromatic amines is 1. The lowest BCUT2D eigenvalue weighted by atomic mass is 10.0. The standard InChI is InChI=1S/C13H17N3.2C2H6/c1-8(2)12-10(4)13(16-15-12)11-7-5-6-9(3)14-11;2*1-2/h5-8H,1-4H3,(H,15,16);2*1-2H3. The summed E-state index contributed by atoms with van der Waals surface area (Å²) in [6, 6.07) is 6.01. The Balaban J connectivity index is 0.000000829. The summed E-state index contributed by atoms with van der Waals surface area (Å²) in [6.07, 6.45) is 0. The number of aryl methyl sites for hydroxylation is 1. The highest BCUT2D eigenvalue weighted by Crippen LogP contribution is 2.25. The summed E-state index contributed by atoms with van der Waals surface area (Å²) in [5.41, 5.74) is 5.32. The number of nitrogens with one attached hydrogen (secondary N) is 1. The molecule has 0 fully saturated rings. The Bertz CT molecular complexity index is 499. The lowest BCUT2D eigenvalue weighted by Crippen LogP contribution is -1.91. The molecule has 0 spiro atoms. The first kappa shape index (κ1) is 18.4. The molecule has 0 aliphatic rings. The van der Waals surface area contributed by atoms with Gasteiger partial charge in [0.25, 0.3) is 0 Å². The first-order chi connectivity index (χ1) is 9.59. The van der Waals surface area contributed by atoms with Crippen molar-refractivity contribution in [2.75, 3.05) is 0 Å². The molecule has 1 N–H and O–H groups in total. The van der Waals surface area contributed by atoms with Crippen LogP contribution in [0.25, 0.3) is 11.4 Å². The average molecular weight is 275 g/mol. The van der Waals surface area contributed by atoms with Gasteiger partial charge in [0.2, 0.25) is 0 Å². The molecule has 0 atom stereocenters. The third kappa shape index (κ3) is 4.48. The highest BCUT2D eigenvalue weighted by Gasteiger charge is 2.13. The van der Waals surface area contributed by atoms with Crippen molar-refractivity contribution < 1.29 is 0 Å². The first-order valence-electron chi connectivity index (χ1n) is 7.58. The van der Waals surface area contributed by atoms with Crippen LogP contribution in [0.2, 0.25) is 0 Å². The van der Waals surface area contributed by atoms with E-state index in [1.54, 1.807) is 0 Å². The van der Waals surface area contributed by atoms with Crippen molar-refractivity contribution in [1.29, 1.82) is 0 Å². The highest BCUT2D eigenvalue weighted by molar-refractivity contribution is 5.59. The zero-order valence-corrected chi connectivity index (χ0v) is 14.2. The monoisotopic (exact) mass is 275 g/mol. The quantitative estimate of drug-likeness (QED) is 0.811. The summed E-state index contributed by atoms with van der Waals surface area (Å²) in [4.78, 5) is 4.49. The molecule has 2 rings (SSSR count). The van der Waals surface area contributed by atoms with Gasteiger partial charge in [0.1, 0.15) is 5.69 Å². The van der Waals surface area contributed by atoms with Crippen LogP contribution in [0.1, 0.15) is 64.4 Å². The SMILES string of the molecule is CC.CC.Cc1cccc(-c2n[nH]c(C(C)C)c2C)n1. The van der Waals surface area contributed by atoms with Gasteiger partial charge >= 0.3 is 0 Å². The second-order valence-electron chi connectivity index (χ2n) is 4.43. The second kappa shape index (κ2) is 9.29. The third-order valence-electron chi connectivity index (χ3n) is 2.76. The van der Waals surface area contributed by atoms with Crippen LogP contribution in [0.4, 0.5) is 0 Å². The molecule has 3 heteroatoms. The van der Waals surface area contributed by atoms with Crippen molar-refractivity contribution >= 4 is 0 Å². The van der Waals surface area contributed by atoms with Crippen LogP contribution in [-0.4, -0.2) is 15.2 Å². The van der Waals surface area contributed by atoms with Crippen LogP contribution in [0.3, 0.4) is 0 Å². The highest BCUT2D eigenvalue weighted by atomic mass is 15.1. The zero-order chi connectivity index (χ0) is 15.7. The lowest BCUT2D eigenvalue weighted by Gasteiger charge is -2.03. The smallest absolute Gasteiger partial charge is 0.114 e. The summed E-state index contributed by atoms with van der Waals surface area (Å²) in [7, 11) is 0. The van der Waals surface area contributed by atoms with Crippen LogP contribution in [0.5, 0.6) is 0 Å². The molecule has 0 saturated carbocycles. The molecule has 3 nitrogen and oxygen atoms in total. The van der Waals surface area contributed by atoms with Gasteiger partial charge in [-0.05, 0) is 37.5 Å². The van der Waals surface area contributed by atoms with Crippen LogP contribution in [-0.2, 0) is 0 Å². The minimum atomic E-state index is 0.464. The van der Waals surface area contributed by atoms with Gasteiger partial charge < -0.3 is 0 Å². The van der Waals surface area contributed by atoms with Gasteiger partial charge in [0.05, 0.1) is 5.69 Å². The van der Waals surface area contributed by atoms with Crippen LogP contribution >= 0.6 is 0 Å². The average Bonchev–Trinajstić information content (AvgIpc) is 2.85. The Labute approximate surface area is 123 Å². The van der Waals surface area contributed by atoms with Crippen molar-refractivity contribution in [3.63, 3.8) is 0 Å². The minimum Gasteiger partial charge on any atom is -0.281 e. The van der Waals surface area contributed by atoms with Crippen molar-refractivity contribution in [2.24, 2.45) is 0 Å². The van der Waals surface area contributed by atoms with Gasteiger partial charge in [-0.1, -0.05) is 47.6 Å². The van der Waals surface area contributed by atoms with E-state index < -0.39 is 0 Å². The van der Waals surface area contributed by atoms with Gasteiger partial charge in [-0.25, -0.2) is 0 Å². The molecule has 0 radical (unpaired) electrons. The first-order valence-corrected chi connectivity index (χ1v) is 7.58. The topological polar surface area (TPSA) is 41.6 Å². The zero-order valence-electron chi connectivity index (χ0n) is 14.2. The van der Waals surface area contributed by atoms with E-state index in [9.17, 15) is 0 Å². The number of hydrogen-bond donors (Lipinski definition) is 1. The second-order valence-corrected chi connectivity index (χ2v) is 4.43. The Morgan fingerprint density at radius 1 is 1.00 bits per heavy atom. The molecule has 2 aromatic rings. The lowest BCUT2D eigenvalue weighted by molar-refractivity contribution is 0.804. The van der Waals surface area contributed by atoms with Crippen molar-refractivity contribution in [3.05, 3.63) is 35.2 Å². The summed E-state index contributed by atoms with van der Waals surface area (Å²) >= 11 is 0. The maximum atomic E-state index is 4.49. The number of nitrogens with zero attached hydrogens (tertiary/aromatic N) is 2. The fourth-order valence-corrected chi connectivity index (χ4v) is 1.90. The van der Waals surface area contributed by atoms with Crippen LogP contribution < -0.4 is 0 Å². The number of H-pyrrole nitrogens is 1. The van der Waals surface area contributed by atoms with Gasteiger partial charge in [0.15, 0.2) is 0 Å².